The maximum Gasteiger partial charge on any atom is 0.241 e. The molecule has 0 aromatic heterocycles. The topological polar surface area (TPSA) is 66.4 Å². The van der Waals surface area contributed by atoms with Crippen molar-refractivity contribution in [3.8, 4) is 0 Å². The molecule has 0 aliphatic heterocycles. The van der Waals surface area contributed by atoms with E-state index in [1.54, 1.807) is 6.08 Å². The fourth-order valence-corrected chi connectivity index (χ4v) is 5.70. The lowest BCUT2D eigenvalue weighted by atomic mass is 9.84. The van der Waals surface area contributed by atoms with E-state index in [4.69, 9.17) is 0 Å². The first kappa shape index (κ1) is 22.3. The van der Waals surface area contributed by atoms with Crippen molar-refractivity contribution >= 4 is 10.0 Å². The molecule has 2 aromatic rings. The molecular formula is C23H31NO3S. The lowest BCUT2D eigenvalue weighted by Gasteiger charge is -2.32. The highest BCUT2D eigenvalue weighted by Gasteiger charge is 2.33. The smallest absolute Gasteiger partial charge is 0.241 e. The lowest BCUT2D eigenvalue weighted by Crippen LogP contribution is -2.45. The van der Waals surface area contributed by atoms with E-state index in [2.05, 4.69) is 11.3 Å². The van der Waals surface area contributed by atoms with Crippen molar-refractivity contribution in [1.82, 2.24) is 4.72 Å². The van der Waals surface area contributed by atoms with Crippen LogP contribution in [0.1, 0.15) is 42.2 Å². The molecule has 2 N–H and O–H groups in total. The van der Waals surface area contributed by atoms with Crippen LogP contribution in [0.15, 0.2) is 60.0 Å². The quantitative estimate of drug-likeness (QED) is 0.642. The number of hydrogen-bond donors (Lipinski definition) is 2. The Kier molecular flexibility index (Phi) is 7.21. The van der Waals surface area contributed by atoms with E-state index >= 15 is 0 Å². The predicted molar refractivity (Wildman–Crippen MR) is 115 cm³/mol. The van der Waals surface area contributed by atoms with Gasteiger partial charge in [0.15, 0.2) is 0 Å². The van der Waals surface area contributed by atoms with Crippen molar-refractivity contribution in [2.45, 2.75) is 51.7 Å². The molecule has 0 spiro atoms. The number of aliphatic hydroxyl groups is 1. The number of aliphatic hydroxyl groups excluding tert-OH is 1. The third kappa shape index (κ3) is 4.90. The van der Waals surface area contributed by atoms with Crippen molar-refractivity contribution in [1.29, 1.82) is 0 Å². The van der Waals surface area contributed by atoms with Crippen LogP contribution in [0.2, 0.25) is 0 Å². The van der Waals surface area contributed by atoms with Gasteiger partial charge in [0.2, 0.25) is 10.0 Å². The molecule has 0 saturated carbocycles. The number of sulfonamides is 1. The number of rotatable bonds is 8. The van der Waals surface area contributed by atoms with Gasteiger partial charge >= 0.3 is 0 Å². The van der Waals surface area contributed by atoms with Gasteiger partial charge in [0.1, 0.15) is 0 Å². The molecule has 0 amide bonds. The Morgan fingerprint density at radius 2 is 1.57 bits per heavy atom. The number of aryl methyl sites for hydroxylation is 3. The van der Waals surface area contributed by atoms with Crippen LogP contribution in [0.25, 0.3) is 0 Å². The second-order valence-electron chi connectivity index (χ2n) is 7.79. The van der Waals surface area contributed by atoms with Gasteiger partial charge in [0.25, 0.3) is 0 Å². The summed E-state index contributed by atoms with van der Waals surface area (Å²) in [4.78, 5) is 0.306. The number of nitrogens with one attached hydrogen (secondary N) is 1. The average molecular weight is 402 g/mol. The fourth-order valence-electron chi connectivity index (χ4n) is 3.83. The van der Waals surface area contributed by atoms with Gasteiger partial charge in [-0.15, -0.1) is 6.58 Å². The molecule has 3 atom stereocenters. The Bertz CT molecular complexity index is 897. The highest BCUT2D eigenvalue weighted by Crippen LogP contribution is 2.31. The molecule has 0 heterocycles. The molecule has 4 nitrogen and oxygen atoms in total. The molecule has 0 saturated heterocycles. The van der Waals surface area contributed by atoms with Gasteiger partial charge in [-0.3, -0.25) is 0 Å². The maximum absolute atomic E-state index is 13.3. The molecule has 0 bridgehead atoms. The molecule has 2 aromatic carbocycles. The van der Waals surface area contributed by atoms with Crippen LogP contribution in [0.4, 0.5) is 0 Å². The summed E-state index contributed by atoms with van der Waals surface area (Å²) in [5.74, 6) is -0.509. The minimum absolute atomic E-state index is 0.0396. The second kappa shape index (κ2) is 9.03. The minimum Gasteiger partial charge on any atom is -0.388 e. The predicted octanol–water partition coefficient (Wildman–Crippen LogP) is 4.45. The highest BCUT2D eigenvalue weighted by atomic mass is 32.2. The van der Waals surface area contributed by atoms with Crippen LogP contribution in [0, 0.1) is 32.6 Å². The second-order valence-corrected chi connectivity index (χ2v) is 9.44. The summed E-state index contributed by atoms with van der Waals surface area (Å²) in [6, 6.07) is 12.5. The van der Waals surface area contributed by atoms with Gasteiger partial charge in [0, 0.05) is 12.0 Å². The fraction of sp³-hybridized carbons (Fsp3) is 0.391. The molecule has 28 heavy (non-hydrogen) atoms. The molecule has 0 fully saturated rings. The summed E-state index contributed by atoms with van der Waals surface area (Å²) in [5, 5.41) is 10.9. The van der Waals surface area contributed by atoms with Crippen LogP contribution in [0.3, 0.4) is 0 Å². The molecular weight excluding hydrogens is 370 g/mol. The summed E-state index contributed by atoms with van der Waals surface area (Å²) in [7, 11) is -3.76. The molecule has 0 aliphatic rings. The molecule has 0 aliphatic carbocycles. The van der Waals surface area contributed by atoms with Crippen molar-refractivity contribution in [3.63, 3.8) is 0 Å². The summed E-state index contributed by atoms with van der Waals surface area (Å²) < 4.78 is 29.4. The Balaban J connectivity index is 2.42. The van der Waals surface area contributed by atoms with E-state index in [1.165, 1.54) is 0 Å². The first-order valence-corrected chi connectivity index (χ1v) is 11.0. The van der Waals surface area contributed by atoms with Crippen molar-refractivity contribution < 1.29 is 13.5 Å². The molecule has 0 unspecified atom stereocenters. The third-order valence-electron chi connectivity index (χ3n) is 5.08. The highest BCUT2D eigenvalue weighted by molar-refractivity contribution is 7.89. The van der Waals surface area contributed by atoms with Crippen LogP contribution in [-0.2, 0) is 10.0 Å². The molecule has 5 heteroatoms. The summed E-state index contributed by atoms with van der Waals surface area (Å²) in [5.41, 5.74) is 3.19. The average Bonchev–Trinajstić information content (AvgIpc) is 2.60. The van der Waals surface area contributed by atoms with E-state index in [0.29, 0.717) is 16.0 Å². The van der Waals surface area contributed by atoms with Crippen LogP contribution in [-0.4, -0.2) is 19.6 Å². The van der Waals surface area contributed by atoms with Crippen LogP contribution >= 0.6 is 0 Å². The molecule has 152 valence electrons. The first-order chi connectivity index (χ1) is 13.1. The summed E-state index contributed by atoms with van der Waals surface area (Å²) in [6.45, 7) is 13.3. The zero-order chi connectivity index (χ0) is 21.1. The van der Waals surface area contributed by atoms with Crippen LogP contribution < -0.4 is 4.72 Å². The third-order valence-corrected chi connectivity index (χ3v) is 6.84. The Morgan fingerprint density at radius 3 is 2.04 bits per heavy atom. The van der Waals surface area contributed by atoms with E-state index in [9.17, 15) is 13.5 Å². The monoisotopic (exact) mass is 401 g/mol. The van der Waals surface area contributed by atoms with Gasteiger partial charge in [-0.25, -0.2) is 13.1 Å². The summed E-state index contributed by atoms with van der Waals surface area (Å²) in [6.07, 6.45) is 0.786. The van der Waals surface area contributed by atoms with E-state index < -0.39 is 28.1 Å². The Morgan fingerprint density at radius 1 is 1.04 bits per heavy atom. The number of hydrogen-bond acceptors (Lipinski definition) is 3. The molecule has 2 rings (SSSR count). The standard InChI is InChI=1S/C23H31NO3S/c1-7-20(22(25)19-11-9-8-10-12-19)21(15(2)3)24-28(26,27)23-17(5)13-16(4)14-18(23)6/h7-15,20-22,24-25H,1H2,2-6H3/t20-,21+,22-/m1/s1. The Hall–Kier alpha value is -1.95. The van der Waals surface area contributed by atoms with Gasteiger partial charge in [-0.05, 0) is 43.4 Å². The largest absolute Gasteiger partial charge is 0.388 e. The Labute approximate surface area is 169 Å². The number of benzene rings is 2. The maximum atomic E-state index is 13.3. The molecule has 0 radical (unpaired) electrons. The van der Waals surface area contributed by atoms with E-state index in [1.807, 2.05) is 77.1 Å². The van der Waals surface area contributed by atoms with Gasteiger partial charge < -0.3 is 5.11 Å². The van der Waals surface area contributed by atoms with E-state index in [0.717, 1.165) is 11.1 Å². The van der Waals surface area contributed by atoms with E-state index in [-0.39, 0.29) is 5.92 Å². The zero-order valence-corrected chi connectivity index (χ0v) is 18.1. The van der Waals surface area contributed by atoms with Crippen molar-refractivity contribution in [2.24, 2.45) is 11.8 Å². The zero-order valence-electron chi connectivity index (χ0n) is 17.3. The first-order valence-electron chi connectivity index (χ1n) is 9.54. The van der Waals surface area contributed by atoms with Gasteiger partial charge in [0.05, 0.1) is 11.0 Å². The lowest BCUT2D eigenvalue weighted by molar-refractivity contribution is 0.104. The minimum atomic E-state index is -3.76. The van der Waals surface area contributed by atoms with Gasteiger partial charge in [-0.1, -0.05) is 68.0 Å². The SMILES string of the molecule is C=C[C@@H]([C@H](O)c1ccccc1)[C@@H](NS(=O)(=O)c1c(C)cc(C)cc1C)C(C)C. The normalized spacial score (nSPS) is 15.2. The van der Waals surface area contributed by atoms with Gasteiger partial charge in [-0.2, -0.15) is 0 Å². The van der Waals surface area contributed by atoms with Crippen molar-refractivity contribution in [3.05, 3.63) is 77.4 Å². The summed E-state index contributed by atoms with van der Waals surface area (Å²) >= 11 is 0. The van der Waals surface area contributed by atoms with Crippen LogP contribution in [0.5, 0.6) is 0 Å². The van der Waals surface area contributed by atoms with Crippen molar-refractivity contribution in [2.75, 3.05) is 0 Å².